The minimum Gasteiger partial charge on any atom is -0.369 e. The van der Waals surface area contributed by atoms with E-state index in [0.717, 1.165) is 47.7 Å². The number of thiazole rings is 2. The van der Waals surface area contributed by atoms with Crippen LogP contribution in [0.2, 0.25) is 0 Å². The molecule has 4 rings (SSSR count). The van der Waals surface area contributed by atoms with Crippen molar-refractivity contribution in [3.63, 3.8) is 0 Å². The third-order valence-corrected chi connectivity index (χ3v) is 5.70. The van der Waals surface area contributed by atoms with E-state index in [2.05, 4.69) is 56.4 Å². The number of hydrogen-bond acceptors (Lipinski definition) is 7. The van der Waals surface area contributed by atoms with Gasteiger partial charge in [-0.15, -0.1) is 22.7 Å². The summed E-state index contributed by atoms with van der Waals surface area (Å²) < 4.78 is 0. The zero-order valence-electron chi connectivity index (χ0n) is 13.5. The normalized spacial score (nSPS) is 15.6. The fourth-order valence-corrected chi connectivity index (χ4v) is 4.11. The molecule has 0 unspecified atom stereocenters. The van der Waals surface area contributed by atoms with Crippen LogP contribution < -0.4 is 10.2 Å². The topological polar surface area (TPSA) is 44.3 Å². The molecular weight excluding hydrogens is 338 g/mol. The molecule has 124 valence electrons. The fourth-order valence-electron chi connectivity index (χ4n) is 2.72. The molecule has 1 aliphatic rings. The largest absolute Gasteiger partial charge is 0.369 e. The van der Waals surface area contributed by atoms with Gasteiger partial charge in [-0.2, -0.15) is 0 Å². The van der Waals surface area contributed by atoms with Crippen molar-refractivity contribution in [2.24, 2.45) is 0 Å². The highest BCUT2D eigenvalue weighted by Crippen LogP contribution is 2.29. The van der Waals surface area contributed by atoms with Gasteiger partial charge >= 0.3 is 0 Å². The first-order valence-electron chi connectivity index (χ1n) is 7.94. The lowest BCUT2D eigenvalue weighted by Gasteiger charge is -2.34. The van der Waals surface area contributed by atoms with E-state index < -0.39 is 0 Å². The summed E-state index contributed by atoms with van der Waals surface area (Å²) in [6.07, 6.45) is 1.81. The number of aromatic nitrogens is 2. The third kappa shape index (κ3) is 3.43. The van der Waals surface area contributed by atoms with Crippen LogP contribution in [0.15, 0.2) is 41.2 Å². The van der Waals surface area contributed by atoms with E-state index in [9.17, 15) is 0 Å². The molecule has 0 spiro atoms. The van der Waals surface area contributed by atoms with Gasteiger partial charge in [0.25, 0.3) is 0 Å². The van der Waals surface area contributed by atoms with Gasteiger partial charge in [0.15, 0.2) is 5.13 Å². The number of nitrogens with zero attached hydrogens (tertiary/aromatic N) is 4. The molecule has 0 radical (unpaired) electrons. The van der Waals surface area contributed by atoms with Crippen LogP contribution in [0.1, 0.15) is 0 Å². The lowest BCUT2D eigenvalue weighted by molar-refractivity contribution is 0.313. The van der Waals surface area contributed by atoms with E-state index in [1.165, 1.54) is 5.69 Å². The van der Waals surface area contributed by atoms with Gasteiger partial charge in [0, 0.05) is 54.5 Å². The van der Waals surface area contributed by atoms with Gasteiger partial charge in [-0.25, -0.2) is 9.97 Å². The van der Waals surface area contributed by atoms with Crippen molar-refractivity contribution in [3.8, 4) is 10.7 Å². The molecule has 5 nitrogen and oxygen atoms in total. The average Bonchev–Trinajstić information content (AvgIpc) is 3.28. The van der Waals surface area contributed by atoms with Crippen LogP contribution in [0.3, 0.4) is 0 Å². The predicted octanol–water partition coefficient (Wildman–Crippen LogP) is 3.76. The molecular formula is C17H19N5S2. The molecule has 0 atom stereocenters. The van der Waals surface area contributed by atoms with Crippen LogP contribution in [0, 0.1) is 0 Å². The summed E-state index contributed by atoms with van der Waals surface area (Å²) in [4.78, 5) is 13.7. The summed E-state index contributed by atoms with van der Waals surface area (Å²) in [6.45, 7) is 4.43. The van der Waals surface area contributed by atoms with E-state index in [0.29, 0.717) is 0 Å². The summed E-state index contributed by atoms with van der Waals surface area (Å²) in [5.41, 5.74) is 3.29. The first-order valence-corrected chi connectivity index (χ1v) is 9.70. The number of benzene rings is 1. The minimum atomic E-state index is 0.896. The highest BCUT2D eigenvalue weighted by atomic mass is 32.1. The van der Waals surface area contributed by atoms with E-state index in [1.54, 1.807) is 22.7 Å². The third-order valence-electron chi connectivity index (χ3n) is 4.14. The Morgan fingerprint density at radius 3 is 2.54 bits per heavy atom. The van der Waals surface area contributed by atoms with Crippen LogP contribution in [0.5, 0.6) is 0 Å². The monoisotopic (exact) mass is 357 g/mol. The van der Waals surface area contributed by atoms with E-state index >= 15 is 0 Å². The zero-order chi connectivity index (χ0) is 16.4. The van der Waals surface area contributed by atoms with Gasteiger partial charge < -0.3 is 15.1 Å². The maximum Gasteiger partial charge on any atom is 0.187 e. The van der Waals surface area contributed by atoms with E-state index in [-0.39, 0.29) is 0 Å². The fraction of sp³-hybridized carbons (Fsp3) is 0.294. The molecule has 1 aromatic carbocycles. The van der Waals surface area contributed by atoms with Gasteiger partial charge in [-0.3, -0.25) is 0 Å². The molecule has 2 aromatic heterocycles. The van der Waals surface area contributed by atoms with Crippen molar-refractivity contribution in [1.82, 2.24) is 14.9 Å². The molecule has 3 aromatic rings. The summed E-state index contributed by atoms with van der Waals surface area (Å²) >= 11 is 3.21. The Balaban J connectivity index is 1.42. The first kappa shape index (κ1) is 15.6. The maximum absolute atomic E-state index is 4.61. The molecule has 1 fully saturated rings. The second-order valence-corrected chi connectivity index (χ2v) is 7.59. The molecule has 1 N–H and O–H groups in total. The highest BCUT2D eigenvalue weighted by molar-refractivity contribution is 7.15. The lowest BCUT2D eigenvalue weighted by Crippen LogP contribution is -2.44. The van der Waals surface area contributed by atoms with Gasteiger partial charge in [0.2, 0.25) is 0 Å². The van der Waals surface area contributed by atoms with Crippen molar-refractivity contribution in [3.05, 3.63) is 41.2 Å². The van der Waals surface area contributed by atoms with Crippen molar-refractivity contribution >= 4 is 39.2 Å². The van der Waals surface area contributed by atoms with Crippen LogP contribution >= 0.6 is 22.7 Å². The number of hydrogen-bond donors (Lipinski definition) is 1. The first-order chi connectivity index (χ1) is 11.8. The Morgan fingerprint density at radius 2 is 1.83 bits per heavy atom. The molecule has 1 aliphatic heterocycles. The minimum absolute atomic E-state index is 0.896. The number of rotatable bonds is 4. The van der Waals surface area contributed by atoms with Crippen LogP contribution in [-0.2, 0) is 0 Å². The molecule has 0 amide bonds. The molecule has 0 aliphatic carbocycles. The molecule has 7 heteroatoms. The Hall–Kier alpha value is -1.96. The standard InChI is InChI=1S/C17H19N5S2/c1-21-7-9-22(10-8-21)14-4-2-13(3-5-14)19-17-20-15(12-24-17)16-18-6-11-23-16/h2-6,11-12H,7-10H2,1H3,(H,19,20). The van der Waals surface area contributed by atoms with Crippen LogP contribution in [0.25, 0.3) is 10.7 Å². The second kappa shape index (κ2) is 6.88. The molecule has 24 heavy (non-hydrogen) atoms. The Labute approximate surface area is 149 Å². The van der Waals surface area contributed by atoms with Crippen molar-refractivity contribution in [2.45, 2.75) is 0 Å². The number of likely N-dealkylation sites (N-methyl/N-ethyl adjacent to an activating group) is 1. The summed E-state index contributed by atoms with van der Waals surface area (Å²) in [6, 6.07) is 8.61. The predicted molar refractivity (Wildman–Crippen MR) is 103 cm³/mol. The molecule has 1 saturated heterocycles. The smallest absolute Gasteiger partial charge is 0.187 e. The van der Waals surface area contributed by atoms with Gasteiger partial charge in [0.1, 0.15) is 10.7 Å². The maximum atomic E-state index is 4.61. The Morgan fingerprint density at radius 1 is 1.04 bits per heavy atom. The lowest BCUT2D eigenvalue weighted by atomic mass is 10.2. The molecule has 3 heterocycles. The molecule has 0 bridgehead atoms. The Bertz CT molecular complexity index is 774. The zero-order valence-corrected chi connectivity index (χ0v) is 15.1. The summed E-state index contributed by atoms with van der Waals surface area (Å²) in [5.74, 6) is 0. The highest BCUT2D eigenvalue weighted by Gasteiger charge is 2.14. The van der Waals surface area contributed by atoms with Gasteiger partial charge in [-0.05, 0) is 31.3 Å². The summed E-state index contributed by atoms with van der Waals surface area (Å²) in [5, 5.41) is 9.25. The quantitative estimate of drug-likeness (QED) is 0.770. The van der Waals surface area contributed by atoms with Crippen molar-refractivity contribution in [2.75, 3.05) is 43.4 Å². The van der Waals surface area contributed by atoms with E-state index in [1.807, 2.05) is 17.0 Å². The number of anilines is 3. The van der Waals surface area contributed by atoms with Crippen LogP contribution in [0.4, 0.5) is 16.5 Å². The number of nitrogens with one attached hydrogen (secondary N) is 1. The Kier molecular flexibility index (Phi) is 4.46. The SMILES string of the molecule is CN1CCN(c2ccc(Nc3nc(-c4nccs4)cs3)cc2)CC1. The van der Waals surface area contributed by atoms with Gasteiger partial charge in [0.05, 0.1) is 0 Å². The average molecular weight is 358 g/mol. The van der Waals surface area contributed by atoms with Crippen molar-refractivity contribution in [1.29, 1.82) is 0 Å². The number of piperazine rings is 1. The van der Waals surface area contributed by atoms with Crippen molar-refractivity contribution < 1.29 is 0 Å². The van der Waals surface area contributed by atoms with Crippen LogP contribution in [-0.4, -0.2) is 48.1 Å². The second-order valence-electron chi connectivity index (χ2n) is 5.84. The molecule has 0 saturated carbocycles. The van der Waals surface area contributed by atoms with Gasteiger partial charge in [-0.1, -0.05) is 0 Å². The summed E-state index contributed by atoms with van der Waals surface area (Å²) in [7, 11) is 2.18. The van der Waals surface area contributed by atoms with E-state index in [4.69, 9.17) is 0 Å².